The van der Waals surface area contributed by atoms with Crippen LogP contribution in [0.3, 0.4) is 0 Å². The van der Waals surface area contributed by atoms with Crippen molar-refractivity contribution >= 4 is 19.4 Å². The lowest BCUT2D eigenvalue weighted by atomic mass is 10.1. The number of nitrogens with one attached hydrogen (secondary N) is 1. The van der Waals surface area contributed by atoms with E-state index < -0.39 is 56.7 Å². The van der Waals surface area contributed by atoms with Crippen molar-refractivity contribution in [1.29, 1.82) is 0 Å². The Morgan fingerprint density at radius 3 is 2.55 bits per heavy atom. The van der Waals surface area contributed by atoms with Gasteiger partial charge < -0.3 is 23.5 Å². The first-order valence-electron chi connectivity index (χ1n) is 8.99. The largest absolute Gasteiger partial charge is 0.527 e. The third-order valence-electron chi connectivity index (χ3n) is 4.58. The van der Waals surface area contributed by atoms with E-state index >= 15 is 0 Å². The molecule has 12 nitrogen and oxygen atoms in total. The fraction of sp³-hybridized carbons (Fsp3) is 0.412. The standard InChI is InChI=1S/C17H18ClN2O10P/c1-25-17-28-13-11(8-26-31(23,24)30-10-4-2-9(18)3-5-10)27-15(14(13)29-17)20-7-6-12(21)19-16(20)22/h2-7,11,13-15,17H,8H2,1H3,(H,23,24)(H,19,21,22)/t11-,13-,14-,15?,17?/m1/s1. The number of hydrogen-bond acceptors (Lipinski definition) is 9. The molecule has 3 heterocycles. The number of ether oxygens (including phenoxy) is 4. The van der Waals surface area contributed by atoms with Crippen LogP contribution in [-0.4, -0.2) is 52.9 Å². The number of phosphoric ester groups is 1. The van der Waals surface area contributed by atoms with Crippen LogP contribution in [-0.2, 0) is 28.0 Å². The molecule has 168 valence electrons. The van der Waals surface area contributed by atoms with Crippen molar-refractivity contribution in [1.82, 2.24) is 9.55 Å². The molecule has 2 fully saturated rings. The number of H-pyrrole nitrogens is 1. The van der Waals surface area contributed by atoms with E-state index in [-0.39, 0.29) is 5.75 Å². The van der Waals surface area contributed by atoms with Crippen molar-refractivity contribution in [3.8, 4) is 5.75 Å². The average molecular weight is 477 g/mol. The molecule has 1 aromatic carbocycles. The van der Waals surface area contributed by atoms with Gasteiger partial charge in [-0.15, -0.1) is 0 Å². The van der Waals surface area contributed by atoms with Gasteiger partial charge in [-0.3, -0.25) is 23.8 Å². The lowest BCUT2D eigenvalue weighted by molar-refractivity contribution is -0.256. The smallest absolute Gasteiger partial charge is 0.404 e. The lowest BCUT2D eigenvalue weighted by Gasteiger charge is -2.21. The highest BCUT2D eigenvalue weighted by Crippen LogP contribution is 2.46. The molecule has 4 rings (SSSR count). The van der Waals surface area contributed by atoms with E-state index in [4.69, 9.17) is 39.6 Å². The lowest BCUT2D eigenvalue weighted by Crippen LogP contribution is -2.36. The molecule has 0 spiro atoms. The zero-order chi connectivity index (χ0) is 22.2. The second-order valence-electron chi connectivity index (χ2n) is 6.62. The van der Waals surface area contributed by atoms with E-state index in [2.05, 4.69) is 4.98 Å². The van der Waals surface area contributed by atoms with Gasteiger partial charge in [0.1, 0.15) is 24.1 Å². The number of benzene rings is 1. The minimum Gasteiger partial charge on any atom is -0.404 e. The van der Waals surface area contributed by atoms with Gasteiger partial charge in [-0.25, -0.2) is 9.36 Å². The maximum absolute atomic E-state index is 12.3. The van der Waals surface area contributed by atoms with Crippen molar-refractivity contribution in [3.05, 3.63) is 62.4 Å². The molecule has 3 unspecified atom stereocenters. The number of nitrogens with zero attached hydrogens (tertiary/aromatic N) is 1. The van der Waals surface area contributed by atoms with E-state index in [1.165, 1.54) is 37.6 Å². The maximum atomic E-state index is 12.3. The first-order chi connectivity index (χ1) is 14.8. The van der Waals surface area contributed by atoms with Crippen molar-refractivity contribution in [3.63, 3.8) is 0 Å². The summed E-state index contributed by atoms with van der Waals surface area (Å²) in [6.07, 6.45) is -2.26. The monoisotopic (exact) mass is 476 g/mol. The summed E-state index contributed by atoms with van der Waals surface area (Å²) in [6.45, 7) is -1.45. The zero-order valence-electron chi connectivity index (χ0n) is 16.0. The summed E-state index contributed by atoms with van der Waals surface area (Å²) in [5.74, 6) is 0.0815. The molecule has 31 heavy (non-hydrogen) atoms. The Morgan fingerprint density at radius 2 is 1.87 bits per heavy atom. The van der Waals surface area contributed by atoms with Crippen LogP contribution in [0.25, 0.3) is 0 Å². The summed E-state index contributed by atoms with van der Waals surface area (Å²) in [6, 6.07) is 6.94. The Balaban J connectivity index is 1.48. The van der Waals surface area contributed by atoms with Gasteiger partial charge in [-0.05, 0) is 24.3 Å². The molecule has 2 N–H and O–H groups in total. The van der Waals surface area contributed by atoms with Gasteiger partial charge in [0.05, 0.1) is 6.61 Å². The van der Waals surface area contributed by atoms with Crippen LogP contribution in [0.2, 0.25) is 5.02 Å². The van der Waals surface area contributed by atoms with E-state index in [9.17, 15) is 19.0 Å². The first kappa shape index (κ1) is 22.2. The van der Waals surface area contributed by atoms with Crippen LogP contribution >= 0.6 is 19.4 Å². The summed E-state index contributed by atoms with van der Waals surface area (Å²) in [4.78, 5) is 35.7. The van der Waals surface area contributed by atoms with E-state index in [1.807, 2.05) is 0 Å². The van der Waals surface area contributed by atoms with Crippen LogP contribution in [0.1, 0.15) is 6.23 Å². The van der Waals surface area contributed by atoms with Crippen molar-refractivity contribution in [2.45, 2.75) is 31.0 Å². The van der Waals surface area contributed by atoms with Gasteiger partial charge in [0.15, 0.2) is 6.23 Å². The predicted octanol–water partition coefficient (Wildman–Crippen LogP) is 0.997. The van der Waals surface area contributed by atoms with Crippen LogP contribution in [0, 0.1) is 0 Å². The summed E-state index contributed by atoms with van der Waals surface area (Å²) in [7, 11) is -3.15. The van der Waals surface area contributed by atoms with Gasteiger partial charge >= 0.3 is 13.5 Å². The molecular weight excluding hydrogens is 459 g/mol. The molecule has 6 atom stereocenters. The second kappa shape index (κ2) is 8.85. The number of rotatable bonds is 7. The van der Waals surface area contributed by atoms with E-state index in [0.29, 0.717) is 5.02 Å². The van der Waals surface area contributed by atoms with Crippen molar-refractivity contribution < 1.29 is 37.5 Å². The Bertz CT molecular complexity index is 1090. The number of phosphoric acid groups is 1. The van der Waals surface area contributed by atoms with E-state index in [1.54, 1.807) is 0 Å². The summed E-state index contributed by atoms with van der Waals surface area (Å²) >= 11 is 5.77. The molecule has 2 saturated heterocycles. The number of methoxy groups -OCH3 is 1. The molecule has 0 bridgehead atoms. The van der Waals surface area contributed by atoms with Crippen LogP contribution in [0.4, 0.5) is 0 Å². The highest BCUT2D eigenvalue weighted by Gasteiger charge is 2.54. The highest BCUT2D eigenvalue weighted by atomic mass is 35.5. The van der Waals surface area contributed by atoms with Gasteiger partial charge in [0.25, 0.3) is 12.0 Å². The first-order valence-corrected chi connectivity index (χ1v) is 10.9. The molecule has 2 aromatic rings. The van der Waals surface area contributed by atoms with Crippen LogP contribution < -0.4 is 15.8 Å². The minimum atomic E-state index is -4.52. The quantitative estimate of drug-likeness (QED) is 0.554. The van der Waals surface area contributed by atoms with Crippen LogP contribution in [0.15, 0.2) is 46.1 Å². The highest BCUT2D eigenvalue weighted by molar-refractivity contribution is 7.47. The molecule has 0 radical (unpaired) electrons. The van der Waals surface area contributed by atoms with Crippen molar-refractivity contribution in [2.75, 3.05) is 13.7 Å². The van der Waals surface area contributed by atoms with Crippen molar-refractivity contribution in [2.24, 2.45) is 0 Å². The van der Waals surface area contributed by atoms with E-state index in [0.717, 1.165) is 10.6 Å². The summed E-state index contributed by atoms with van der Waals surface area (Å²) < 4.78 is 45.5. The third kappa shape index (κ3) is 4.92. The third-order valence-corrected chi connectivity index (χ3v) is 5.74. The average Bonchev–Trinajstić information content (AvgIpc) is 3.28. The number of halogens is 1. The SMILES string of the molecule is COC1O[C@@H]2[C@@H](COP(=O)(O)Oc3ccc(Cl)cc3)OC(n3ccc(=O)[nH]c3=O)[C@@H]2O1. The second-order valence-corrected chi connectivity index (χ2v) is 8.43. The number of fused-ring (bicyclic) bond motifs is 1. The predicted molar refractivity (Wildman–Crippen MR) is 104 cm³/mol. The molecule has 0 saturated carbocycles. The zero-order valence-corrected chi connectivity index (χ0v) is 17.6. The molecule has 2 aliphatic rings. The van der Waals surface area contributed by atoms with Gasteiger partial charge in [0.2, 0.25) is 0 Å². The number of aromatic nitrogens is 2. The molecule has 2 aliphatic heterocycles. The fourth-order valence-electron chi connectivity index (χ4n) is 3.23. The van der Waals surface area contributed by atoms with Gasteiger partial charge in [-0.1, -0.05) is 11.6 Å². The summed E-state index contributed by atoms with van der Waals surface area (Å²) in [5.41, 5.74) is -1.30. The number of aromatic amines is 1. The molecule has 0 aliphatic carbocycles. The fourth-order valence-corrected chi connectivity index (χ4v) is 4.13. The molecule has 1 aromatic heterocycles. The Labute approximate surface area is 179 Å². The number of hydrogen-bond donors (Lipinski definition) is 2. The molecule has 0 amide bonds. The molecular formula is C17H18ClN2O10P. The Kier molecular flexibility index (Phi) is 6.33. The Morgan fingerprint density at radius 1 is 1.16 bits per heavy atom. The maximum Gasteiger partial charge on any atom is 0.527 e. The van der Waals surface area contributed by atoms with Crippen LogP contribution in [0.5, 0.6) is 5.75 Å². The summed E-state index contributed by atoms with van der Waals surface area (Å²) in [5, 5.41) is 0.432. The topological polar surface area (TPSA) is 148 Å². The molecule has 14 heteroatoms. The minimum absolute atomic E-state index is 0.0815. The van der Waals surface area contributed by atoms with Gasteiger partial charge in [-0.2, -0.15) is 0 Å². The Hall–Kier alpha value is -2.02. The van der Waals surface area contributed by atoms with Gasteiger partial charge in [0, 0.05) is 24.4 Å². The normalized spacial score (nSPS) is 29.5.